The third kappa shape index (κ3) is 4.98. The topological polar surface area (TPSA) is 63.2 Å². The Morgan fingerprint density at radius 1 is 1.26 bits per heavy atom. The molecule has 1 aromatic carbocycles. The van der Waals surface area contributed by atoms with Crippen LogP contribution in [0.1, 0.15) is 29.9 Å². The van der Waals surface area contributed by atoms with Crippen LogP contribution in [0.25, 0.3) is 0 Å². The number of benzene rings is 1. The van der Waals surface area contributed by atoms with Gasteiger partial charge in [-0.2, -0.15) is 0 Å². The summed E-state index contributed by atoms with van der Waals surface area (Å²) >= 11 is 0. The molecule has 0 unspecified atom stereocenters. The molecule has 0 fully saturated rings. The predicted molar refractivity (Wildman–Crippen MR) is 91.7 cm³/mol. The van der Waals surface area contributed by atoms with Gasteiger partial charge >= 0.3 is 0 Å². The van der Waals surface area contributed by atoms with Crippen LogP contribution < -0.4 is 15.4 Å². The number of para-hydroxylation sites is 1. The summed E-state index contributed by atoms with van der Waals surface area (Å²) in [7, 11) is 1.62. The van der Waals surface area contributed by atoms with E-state index in [1.165, 1.54) is 0 Å². The SMILES string of the molecule is COc1ccccc1CNC(=O)c1cc(NCC(C)C)ccn1. The molecule has 0 aliphatic rings. The zero-order chi connectivity index (χ0) is 16.7. The fourth-order valence-corrected chi connectivity index (χ4v) is 2.10. The van der Waals surface area contributed by atoms with Gasteiger partial charge in [-0.25, -0.2) is 0 Å². The second-order valence-corrected chi connectivity index (χ2v) is 5.70. The van der Waals surface area contributed by atoms with Crippen LogP contribution in [0, 0.1) is 5.92 Å². The van der Waals surface area contributed by atoms with Gasteiger partial charge in [0.05, 0.1) is 7.11 Å². The number of carbonyl (C=O) groups is 1. The first-order chi connectivity index (χ1) is 11.1. The fourth-order valence-electron chi connectivity index (χ4n) is 2.10. The number of hydrogen-bond acceptors (Lipinski definition) is 4. The van der Waals surface area contributed by atoms with Gasteiger partial charge in [0.1, 0.15) is 11.4 Å². The molecule has 5 nitrogen and oxygen atoms in total. The maximum atomic E-state index is 12.3. The first-order valence-electron chi connectivity index (χ1n) is 7.70. The average Bonchev–Trinajstić information content (AvgIpc) is 2.58. The number of anilines is 1. The lowest BCUT2D eigenvalue weighted by atomic mass is 10.2. The monoisotopic (exact) mass is 313 g/mol. The van der Waals surface area contributed by atoms with Gasteiger partial charge in [-0.1, -0.05) is 32.0 Å². The van der Waals surface area contributed by atoms with Crippen molar-refractivity contribution in [3.63, 3.8) is 0 Å². The van der Waals surface area contributed by atoms with Crippen molar-refractivity contribution >= 4 is 11.6 Å². The molecular formula is C18H23N3O2. The van der Waals surface area contributed by atoms with Crippen LogP contribution in [0.2, 0.25) is 0 Å². The fraction of sp³-hybridized carbons (Fsp3) is 0.333. The molecule has 0 aliphatic carbocycles. The van der Waals surface area contributed by atoms with Gasteiger partial charge in [-0.15, -0.1) is 0 Å². The largest absolute Gasteiger partial charge is 0.496 e. The number of methoxy groups -OCH3 is 1. The van der Waals surface area contributed by atoms with Crippen molar-refractivity contribution in [2.75, 3.05) is 19.0 Å². The second-order valence-electron chi connectivity index (χ2n) is 5.70. The molecule has 0 atom stereocenters. The highest BCUT2D eigenvalue weighted by molar-refractivity contribution is 5.93. The van der Waals surface area contributed by atoms with E-state index >= 15 is 0 Å². The van der Waals surface area contributed by atoms with E-state index in [9.17, 15) is 4.79 Å². The number of hydrogen-bond donors (Lipinski definition) is 2. The highest BCUT2D eigenvalue weighted by Gasteiger charge is 2.09. The predicted octanol–water partition coefficient (Wildman–Crippen LogP) is 3.09. The molecule has 0 saturated carbocycles. The zero-order valence-corrected chi connectivity index (χ0v) is 13.8. The molecule has 0 radical (unpaired) electrons. The van der Waals surface area contributed by atoms with Crippen LogP contribution in [0.15, 0.2) is 42.6 Å². The van der Waals surface area contributed by atoms with Crippen molar-refractivity contribution in [3.05, 3.63) is 53.9 Å². The Labute approximate surface area is 137 Å². The van der Waals surface area contributed by atoms with Crippen LogP contribution in [0.4, 0.5) is 5.69 Å². The first-order valence-corrected chi connectivity index (χ1v) is 7.70. The van der Waals surface area contributed by atoms with E-state index in [0.29, 0.717) is 18.2 Å². The van der Waals surface area contributed by atoms with Gasteiger partial charge < -0.3 is 15.4 Å². The van der Waals surface area contributed by atoms with E-state index in [4.69, 9.17) is 4.74 Å². The number of ether oxygens (including phenoxy) is 1. The number of amides is 1. The zero-order valence-electron chi connectivity index (χ0n) is 13.8. The summed E-state index contributed by atoms with van der Waals surface area (Å²) in [5, 5.41) is 6.16. The average molecular weight is 313 g/mol. The molecule has 2 rings (SSSR count). The molecule has 1 heterocycles. The van der Waals surface area contributed by atoms with E-state index < -0.39 is 0 Å². The van der Waals surface area contributed by atoms with Gasteiger partial charge in [-0.05, 0) is 24.1 Å². The molecule has 5 heteroatoms. The third-order valence-electron chi connectivity index (χ3n) is 3.34. The van der Waals surface area contributed by atoms with Crippen molar-refractivity contribution in [3.8, 4) is 5.75 Å². The summed E-state index contributed by atoms with van der Waals surface area (Å²) in [4.78, 5) is 16.4. The van der Waals surface area contributed by atoms with Crippen LogP contribution >= 0.6 is 0 Å². The van der Waals surface area contributed by atoms with E-state index in [1.807, 2.05) is 30.3 Å². The maximum absolute atomic E-state index is 12.3. The molecule has 0 bridgehead atoms. The van der Waals surface area contributed by atoms with Crippen molar-refractivity contribution < 1.29 is 9.53 Å². The van der Waals surface area contributed by atoms with Crippen molar-refractivity contribution in [2.24, 2.45) is 5.92 Å². The lowest BCUT2D eigenvalue weighted by Crippen LogP contribution is -2.24. The Morgan fingerprint density at radius 2 is 2.04 bits per heavy atom. The minimum atomic E-state index is -0.205. The smallest absolute Gasteiger partial charge is 0.270 e. The summed E-state index contributed by atoms with van der Waals surface area (Å²) in [6.07, 6.45) is 1.64. The standard InChI is InChI=1S/C18H23N3O2/c1-13(2)11-20-15-8-9-19-16(10-15)18(22)21-12-14-6-4-5-7-17(14)23-3/h4-10,13H,11-12H2,1-3H3,(H,19,20)(H,21,22). The molecule has 2 N–H and O–H groups in total. The molecule has 0 aliphatic heterocycles. The molecule has 122 valence electrons. The van der Waals surface area contributed by atoms with Crippen molar-refractivity contribution in [1.82, 2.24) is 10.3 Å². The highest BCUT2D eigenvalue weighted by atomic mass is 16.5. The quantitative estimate of drug-likeness (QED) is 0.824. The number of pyridine rings is 1. The van der Waals surface area contributed by atoms with Crippen molar-refractivity contribution in [1.29, 1.82) is 0 Å². The number of nitrogens with zero attached hydrogens (tertiary/aromatic N) is 1. The normalized spacial score (nSPS) is 10.4. The molecule has 0 spiro atoms. The Balaban J connectivity index is 1.99. The van der Waals surface area contributed by atoms with E-state index in [-0.39, 0.29) is 5.91 Å². The van der Waals surface area contributed by atoms with Gasteiger partial charge in [-0.3, -0.25) is 9.78 Å². The molecule has 2 aromatic rings. The van der Waals surface area contributed by atoms with Gasteiger partial charge in [0.15, 0.2) is 0 Å². The van der Waals surface area contributed by atoms with Crippen LogP contribution in [0.5, 0.6) is 5.75 Å². The van der Waals surface area contributed by atoms with E-state index in [2.05, 4.69) is 29.5 Å². The summed E-state index contributed by atoms with van der Waals surface area (Å²) < 4.78 is 5.28. The Morgan fingerprint density at radius 3 is 2.78 bits per heavy atom. The number of nitrogens with one attached hydrogen (secondary N) is 2. The lowest BCUT2D eigenvalue weighted by molar-refractivity contribution is 0.0945. The Bertz CT molecular complexity index is 656. The minimum Gasteiger partial charge on any atom is -0.496 e. The van der Waals surface area contributed by atoms with E-state index in [0.717, 1.165) is 23.5 Å². The van der Waals surface area contributed by atoms with Gasteiger partial charge in [0, 0.05) is 30.5 Å². The van der Waals surface area contributed by atoms with Crippen LogP contribution in [0.3, 0.4) is 0 Å². The maximum Gasteiger partial charge on any atom is 0.270 e. The third-order valence-corrected chi connectivity index (χ3v) is 3.34. The summed E-state index contributed by atoms with van der Waals surface area (Å²) in [6, 6.07) is 11.2. The second kappa shape index (κ2) is 8.17. The van der Waals surface area contributed by atoms with Gasteiger partial charge in [0.2, 0.25) is 0 Å². The summed E-state index contributed by atoms with van der Waals surface area (Å²) in [5.74, 6) is 1.09. The van der Waals surface area contributed by atoms with E-state index in [1.54, 1.807) is 19.4 Å². The molecule has 1 aromatic heterocycles. The summed E-state index contributed by atoms with van der Waals surface area (Å²) in [6.45, 7) is 5.52. The molecule has 0 saturated heterocycles. The molecular weight excluding hydrogens is 290 g/mol. The molecule has 23 heavy (non-hydrogen) atoms. The lowest BCUT2D eigenvalue weighted by Gasteiger charge is -2.11. The number of aromatic nitrogens is 1. The molecule has 1 amide bonds. The van der Waals surface area contributed by atoms with Crippen LogP contribution in [-0.2, 0) is 6.54 Å². The Kier molecular flexibility index (Phi) is 5.97. The van der Waals surface area contributed by atoms with Crippen molar-refractivity contribution in [2.45, 2.75) is 20.4 Å². The summed E-state index contributed by atoms with van der Waals surface area (Å²) in [5.41, 5.74) is 2.22. The highest BCUT2D eigenvalue weighted by Crippen LogP contribution is 2.17. The Hall–Kier alpha value is -2.56. The van der Waals surface area contributed by atoms with Crippen LogP contribution in [-0.4, -0.2) is 24.5 Å². The first kappa shape index (κ1) is 16.8. The van der Waals surface area contributed by atoms with Gasteiger partial charge in [0.25, 0.3) is 5.91 Å². The number of rotatable bonds is 7. The minimum absolute atomic E-state index is 0.205. The number of carbonyl (C=O) groups excluding carboxylic acids is 1.